The monoisotopic (exact) mass is 240 g/mol. The minimum Gasteiger partial charge on any atom is -0.270 e. The smallest absolute Gasteiger partial charge is 0.147 e. The summed E-state index contributed by atoms with van der Waals surface area (Å²) in [4.78, 5) is 8.30. The van der Waals surface area contributed by atoms with Gasteiger partial charge in [0.15, 0.2) is 0 Å². The van der Waals surface area contributed by atoms with Crippen molar-refractivity contribution in [1.29, 1.82) is 0 Å². The molecule has 0 saturated carbocycles. The fraction of sp³-hybridized carbons (Fsp3) is 0.0833. The molecule has 0 amide bonds. The molecule has 6 nitrogen and oxygen atoms in total. The normalized spacial score (nSPS) is 12.7. The second-order valence-electron chi connectivity index (χ2n) is 3.91. The largest absolute Gasteiger partial charge is 0.270 e. The number of pyridine rings is 1. The zero-order valence-corrected chi connectivity index (χ0v) is 9.54. The molecule has 2 heterocycles. The number of nitrogens with zero attached hydrogens (tertiary/aromatic N) is 3. The van der Waals surface area contributed by atoms with E-state index in [2.05, 4.69) is 25.6 Å². The lowest BCUT2D eigenvalue weighted by molar-refractivity contribution is 0.607. The molecule has 3 rings (SSSR count). The van der Waals surface area contributed by atoms with Crippen molar-refractivity contribution in [1.82, 2.24) is 25.6 Å². The van der Waals surface area contributed by atoms with Crippen LogP contribution < -0.4 is 11.3 Å². The van der Waals surface area contributed by atoms with Crippen molar-refractivity contribution in [2.75, 3.05) is 0 Å². The summed E-state index contributed by atoms with van der Waals surface area (Å²) >= 11 is 0. The molecule has 0 aliphatic carbocycles. The highest BCUT2D eigenvalue weighted by atomic mass is 15.3. The van der Waals surface area contributed by atoms with Gasteiger partial charge in [-0.3, -0.25) is 15.9 Å². The van der Waals surface area contributed by atoms with E-state index in [0.29, 0.717) is 5.82 Å². The Kier molecular flexibility index (Phi) is 2.71. The van der Waals surface area contributed by atoms with Crippen LogP contribution >= 0.6 is 0 Å². The molecule has 1 atom stereocenters. The summed E-state index contributed by atoms with van der Waals surface area (Å²) in [6, 6.07) is 7.75. The van der Waals surface area contributed by atoms with Crippen molar-refractivity contribution < 1.29 is 0 Å². The van der Waals surface area contributed by atoms with Crippen molar-refractivity contribution in [2.24, 2.45) is 5.84 Å². The molecular weight excluding hydrogens is 228 g/mol. The summed E-state index contributed by atoms with van der Waals surface area (Å²) in [5.74, 6) is 6.30. The highest BCUT2D eigenvalue weighted by Crippen LogP contribution is 2.25. The second kappa shape index (κ2) is 4.52. The number of rotatable bonds is 3. The molecule has 3 aromatic rings. The predicted octanol–water partition coefficient (Wildman–Crippen LogP) is 0.906. The van der Waals surface area contributed by atoms with E-state index in [1.165, 1.54) is 6.33 Å². The fourth-order valence-corrected chi connectivity index (χ4v) is 2.06. The predicted molar refractivity (Wildman–Crippen MR) is 67.3 cm³/mol. The summed E-state index contributed by atoms with van der Waals surface area (Å²) in [5, 5.41) is 8.83. The van der Waals surface area contributed by atoms with E-state index in [0.717, 1.165) is 16.3 Å². The second-order valence-corrected chi connectivity index (χ2v) is 3.91. The maximum absolute atomic E-state index is 5.63. The van der Waals surface area contributed by atoms with Crippen molar-refractivity contribution in [3.8, 4) is 0 Å². The number of H-pyrrole nitrogens is 1. The molecular formula is C12H12N6. The Labute approximate surface area is 103 Å². The Morgan fingerprint density at radius 1 is 1.28 bits per heavy atom. The maximum Gasteiger partial charge on any atom is 0.147 e. The SMILES string of the molecule is NNC(c1ncn[nH]1)c1cccc2ccncc12. The van der Waals surface area contributed by atoms with Crippen LogP contribution in [0.5, 0.6) is 0 Å². The summed E-state index contributed by atoms with van der Waals surface area (Å²) in [6.07, 6.45) is 5.06. The van der Waals surface area contributed by atoms with E-state index in [9.17, 15) is 0 Å². The zero-order chi connectivity index (χ0) is 12.4. The Morgan fingerprint density at radius 3 is 3.00 bits per heavy atom. The quantitative estimate of drug-likeness (QED) is 0.467. The van der Waals surface area contributed by atoms with Gasteiger partial charge in [-0.05, 0) is 17.0 Å². The summed E-state index contributed by atoms with van der Waals surface area (Å²) in [7, 11) is 0. The molecule has 1 aromatic carbocycles. The molecule has 0 aliphatic rings. The highest BCUT2D eigenvalue weighted by molar-refractivity contribution is 5.85. The van der Waals surface area contributed by atoms with Crippen LogP contribution in [0.2, 0.25) is 0 Å². The van der Waals surface area contributed by atoms with Crippen LogP contribution in [0.25, 0.3) is 10.8 Å². The summed E-state index contributed by atoms with van der Waals surface area (Å²) < 4.78 is 0. The van der Waals surface area contributed by atoms with Crippen LogP contribution in [0, 0.1) is 0 Å². The fourth-order valence-electron chi connectivity index (χ4n) is 2.06. The van der Waals surface area contributed by atoms with E-state index >= 15 is 0 Å². The Morgan fingerprint density at radius 2 is 2.22 bits per heavy atom. The topological polar surface area (TPSA) is 92.5 Å². The number of aromatic nitrogens is 4. The molecule has 4 N–H and O–H groups in total. The third-order valence-corrected chi connectivity index (χ3v) is 2.90. The third kappa shape index (κ3) is 1.73. The van der Waals surface area contributed by atoms with Crippen molar-refractivity contribution in [3.63, 3.8) is 0 Å². The van der Waals surface area contributed by atoms with Crippen molar-refractivity contribution >= 4 is 10.8 Å². The lowest BCUT2D eigenvalue weighted by Crippen LogP contribution is -2.29. The molecule has 0 radical (unpaired) electrons. The molecule has 6 heteroatoms. The van der Waals surface area contributed by atoms with Crippen LogP contribution in [0.15, 0.2) is 43.0 Å². The maximum atomic E-state index is 5.63. The van der Waals surface area contributed by atoms with Crippen LogP contribution in [0.1, 0.15) is 17.4 Å². The van der Waals surface area contributed by atoms with Gasteiger partial charge >= 0.3 is 0 Å². The van der Waals surface area contributed by atoms with Gasteiger partial charge in [-0.15, -0.1) is 0 Å². The van der Waals surface area contributed by atoms with Gasteiger partial charge in [0.05, 0.1) is 0 Å². The van der Waals surface area contributed by atoms with Crippen LogP contribution in [-0.2, 0) is 0 Å². The minimum atomic E-state index is -0.236. The van der Waals surface area contributed by atoms with Gasteiger partial charge in [0.25, 0.3) is 0 Å². The molecule has 0 fully saturated rings. The summed E-state index contributed by atoms with van der Waals surface area (Å²) in [5.41, 5.74) is 3.77. The number of hydrazine groups is 1. The average molecular weight is 240 g/mol. The summed E-state index contributed by atoms with van der Waals surface area (Å²) in [6.45, 7) is 0. The molecule has 0 bridgehead atoms. The molecule has 0 spiro atoms. The lowest BCUT2D eigenvalue weighted by Gasteiger charge is -2.15. The highest BCUT2D eigenvalue weighted by Gasteiger charge is 2.17. The van der Waals surface area contributed by atoms with Gasteiger partial charge in [0, 0.05) is 17.8 Å². The van der Waals surface area contributed by atoms with Gasteiger partial charge < -0.3 is 0 Å². The first-order valence-electron chi connectivity index (χ1n) is 5.54. The third-order valence-electron chi connectivity index (χ3n) is 2.90. The van der Waals surface area contributed by atoms with Crippen LogP contribution in [0.4, 0.5) is 0 Å². The molecule has 0 saturated heterocycles. The van der Waals surface area contributed by atoms with E-state index in [-0.39, 0.29) is 6.04 Å². The van der Waals surface area contributed by atoms with Crippen molar-refractivity contribution in [2.45, 2.75) is 6.04 Å². The number of hydrogen-bond acceptors (Lipinski definition) is 5. The molecule has 0 aliphatic heterocycles. The lowest BCUT2D eigenvalue weighted by atomic mass is 10.0. The van der Waals surface area contributed by atoms with Crippen molar-refractivity contribution in [3.05, 3.63) is 54.4 Å². The van der Waals surface area contributed by atoms with Crippen LogP contribution in [-0.4, -0.2) is 20.2 Å². The van der Waals surface area contributed by atoms with Gasteiger partial charge in [-0.25, -0.2) is 10.4 Å². The van der Waals surface area contributed by atoms with E-state index in [4.69, 9.17) is 5.84 Å². The minimum absolute atomic E-state index is 0.236. The number of aromatic amines is 1. The Bertz CT molecular complexity index is 643. The van der Waals surface area contributed by atoms with Gasteiger partial charge in [-0.2, -0.15) is 5.10 Å². The molecule has 18 heavy (non-hydrogen) atoms. The number of benzene rings is 1. The average Bonchev–Trinajstić information content (AvgIpc) is 2.94. The first-order valence-corrected chi connectivity index (χ1v) is 5.54. The molecule has 1 unspecified atom stereocenters. The number of hydrogen-bond donors (Lipinski definition) is 3. The molecule has 2 aromatic heterocycles. The number of nitrogens with one attached hydrogen (secondary N) is 2. The number of nitrogens with two attached hydrogens (primary N) is 1. The van der Waals surface area contributed by atoms with Gasteiger partial charge in [0.1, 0.15) is 18.2 Å². The van der Waals surface area contributed by atoms with E-state index in [1.807, 2.05) is 30.5 Å². The van der Waals surface area contributed by atoms with E-state index in [1.54, 1.807) is 6.20 Å². The standard InChI is InChI=1S/C12H12N6/c13-17-11(12-15-7-16-18-12)9-3-1-2-8-4-5-14-6-10(8)9/h1-7,11,17H,13H2,(H,15,16,18). The van der Waals surface area contributed by atoms with Gasteiger partial charge in [-0.1, -0.05) is 18.2 Å². The van der Waals surface area contributed by atoms with Crippen LogP contribution in [0.3, 0.4) is 0 Å². The first-order chi connectivity index (χ1) is 8.90. The van der Waals surface area contributed by atoms with E-state index < -0.39 is 0 Å². The van der Waals surface area contributed by atoms with Gasteiger partial charge in [0.2, 0.25) is 0 Å². The Hall–Kier alpha value is -2.31. The molecule has 90 valence electrons. The zero-order valence-electron chi connectivity index (χ0n) is 9.54. The first kappa shape index (κ1) is 10.8. The number of fused-ring (bicyclic) bond motifs is 1. The Balaban J connectivity index is 2.18.